The van der Waals surface area contributed by atoms with Crippen molar-refractivity contribution in [2.45, 2.75) is 19.3 Å². The molecule has 96 valence electrons. The van der Waals surface area contributed by atoms with E-state index >= 15 is 0 Å². The molecule has 1 aliphatic heterocycles. The lowest BCUT2D eigenvalue weighted by molar-refractivity contribution is -0.142. The number of likely N-dealkylation sites (tertiary alicyclic amines) is 1. The Morgan fingerprint density at radius 2 is 1.78 bits per heavy atom. The maximum atomic E-state index is 12.2. The highest BCUT2D eigenvalue weighted by Gasteiger charge is 2.58. The molecule has 0 aromatic carbocycles. The van der Waals surface area contributed by atoms with Gasteiger partial charge in [0.1, 0.15) is 0 Å². The molecule has 1 N–H and O–H groups in total. The largest absolute Gasteiger partial charge is 0.481 e. The summed E-state index contributed by atoms with van der Waals surface area (Å²) in [5.74, 6) is -0.966. The number of hydrogen-bond acceptors (Lipinski definition) is 3. The first kappa shape index (κ1) is 11.4. The van der Waals surface area contributed by atoms with Gasteiger partial charge in [0.15, 0.2) is 0 Å². The Bertz CT molecular complexity index is 426. The molecule has 2 aliphatic carbocycles. The average molecular weight is 249 g/mol. The van der Waals surface area contributed by atoms with Crippen LogP contribution in [0.3, 0.4) is 0 Å². The van der Waals surface area contributed by atoms with Crippen molar-refractivity contribution in [3.8, 4) is 0 Å². The third-order valence-corrected chi connectivity index (χ3v) is 4.33. The minimum Gasteiger partial charge on any atom is -0.481 e. The number of carbonyl (C=O) groups is 3. The molecule has 1 saturated carbocycles. The monoisotopic (exact) mass is 249 g/mol. The molecule has 0 aromatic heterocycles. The smallest absolute Gasteiger partial charge is 0.303 e. The Labute approximate surface area is 104 Å². The lowest BCUT2D eigenvalue weighted by Crippen LogP contribution is -2.34. The number of allylic oxidation sites excluding steroid dienone is 2. The minimum absolute atomic E-state index is 0.00248. The van der Waals surface area contributed by atoms with Crippen molar-refractivity contribution in [3.05, 3.63) is 12.2 Å². The number of carboxylic acids is 1. The molecule has 5 nitrogen and oxygen atoms in total. The summed E-state index contributed by atoms with van der Waals surface area (Å²) in [6.07, 6.45) is 5.37. The van der Waals surface area contributed by atoms with Crippen LogP contribution in [0.25, 0.3) is 0 Å². The standard InChI is InChI=1S/C13H15NO4/c15-9(16)2-1-5-14-12(17)10-7-3-4-8(6-7)11(10)13(14)18/h3-4,7-8,10-11H,1-2,5-6H2,(H,15,16)/t7-,8+,10-,11-/m0/s1. The van der Waals surface area contributed by atoms with Gasteiger partial charge in [-0.2, -0.15) is 0 Å². The summed E-state index contributed by atoms with van der Waals surface area (Å²) in [4.78, 5) is 36.1. The molecule has 3 rings (SSSR count). The highest BCUT2D eigenvalue weighted by atomic mass is 16.4. The van der Waals surface area contributed by atoms with Gasteiger partial charge in [-0.3, -0.25) is 19.3 Å². The molecule has 0 unspecified atom stereocenters. The van der Waals surface area contributed by atoms with Gasteiger partial charge in [-0.15, -0.1) is 0 Å². The van der Waals surface area contributed by atoms with Gasteiger partial charge in [0, 0.05) is 13.0 Å². The van der Waals surface area contributed by atoms with Crippen molar-refractivity contribution >= 4 is 17.8 Å². The quantitative estimate of drug-likeness (QED) is 0.586. The van der Waals surface area contributed by atoms with Gasteiger partial charge in [0.2, 0.25) is 11.8 Å². The fourth-order valence-electron chi connectivity index (χ4n) is 3.57. The molecular weight excluding hydrogens is 234 g/mol. The molecule has 1 heterocycles. The second-order valence-electron chi connectivity index (χ2n) is 5.33. The highest BCUT2D eigenvalue weighted by Crippen LogP contribution is 2.52. The number of rotatable bonds is 4. The molecule has 1 saturated heterocycles. The number of aliphatic carboxylic acids is 1. The number of amides is 2. The number of hydrogen-bond donors (Lipinski definition) is 1. The minimum atomic E-state index is -0.893. The van der Waals surface area contributed by atoms with Crippen molar-refractivity contribution < 1.29 is 19.5 Å². The molecule has 2 bridgehead atoms. The molecule has 0 spiro atoms. The molecule has 0 aromatic rings. The van der Waals surface area contributed by atoms with Crippen LogP contribution in [0.4, 0.5) is 0 Å². The van der Waals surface area contributed by atoms with E-state index in [1.165, 1.54) is 4.90 Å². The zero-order valence-electron chi connectivity index (χ0n) is 9.91. The highest BCUT2D eigenvalue weighted by molar-refractivity contribution is 6.06. The van der Waals surface area contributed by atoms with E-state index in [9.17, 15) is 14.4 Å². The Morgan fingerprint density at radius 3 is 2.28 bits per heavy atom. The van der Waals surface area contributed by atoms with E-state index < -0.39 is 5.97 Å². The lowest BCUT2D eigenvalue weighted by atomic mass is 9.85. The Balaban J connectivity index is 1.70. The molecule has 3 aliphatic rings. The summed E-state index contributed by atoms with van der Waals surface area (Å²) in [7, 11) is 0. The SMILES string of the molecule is O=C(O)CCCN1C(=O)[C@@H]2[C@@H](C1=O)[C@H]1C=C[C@@H]2C1. The van der Waals surface area contributed by atoms with Crippen molar-refractivity contribution in [3.63, 3.8) is 0 Å². The Morgan fingerprint density at radius 1 is 1.22 bits per heavy atom. The zero-order valence-corrected chi connectivity index (χ0v) is 9.91. The van der Waals surface area contributed by atoms with Gasteiger partial charge in [0.05, 0.1) is 11.8 Å². The third kappa shape index (κ3) is 1.50. The van der Waals surface area contributed by atoms with Gasteiger partial charge >= 0.3 is 5.97 Å². The van der Waals surface area contributed by atoms with Crippen molar-refractivity contribution in [1.29, 1.82) is 0 Å². The number of carbonyl (C=O) groups excluding carboxylic acids is 2. The Kier molecular flexibility index (Phi) is 2.50. The predicted octanol–water partition coefficient (Wildman–Crippen LogP) is 0.658. The second-order valence-corrected chi connectivity index (χ2v) is 5.33. The van der Waals surface area contributed by atoms with Gasteiger partial charge in [-0.05, 0) is 24.7 Å². The van der Waals surface area contributed by atoms with Crippen LogP contribution in [0.5, 0.6) is 0 Å². The van der Waals surface area contributed by atoms with E-state index in [2.05, 4.69) is 12.2 Å². The van der Waals surface area contributed by atoms with Crippen molar-refractivity contribution in [2.24, 2.45) is 23.7 Å². The number of nitrogens with zero attached hydrogens (tertiary/aromatic N) is 1. The van der Waals surface area contributed by atoms with Crippen LogP contribution in [0.1, 0.15) is 19.3 Å². The molecule has 4 atom stereocenters. The van der Waals surface area contributed by atoms with E-state index in [1.807, 2.05) is 0 Å². The average Bonchev–Trinajstić information content (AvgIpc) is 2.97. The lowest BCUT2D eigenvalue weighted by Gasteiger charge is -2.16. The third-order valence-electron chi connectivity index (χ3n) is 4.33. The van der Waals surface area contributed by atoms with Crippen LogP contribution in [-0.4, -0.2) is 34.3 Å². The maximum Gasteiger partial charge on any atom is 0.303 e. The number of carboxylic acid groups (broad SMARTS) is 1. The molecule has 0 radical (unpaired) electrons. The fraction of sp³-hybridized carbons (Fsp3) is 0.615. The summed E-state index contributed by atoms with van der Waals surface area (Å²) in [5.41, 5.74) is 0. The Hall–Kier alpha value is -1.65. The molecule has 2 amide bonds. The summed E-state index contributed by atoms with van der Waals surface area (Å²) >= 11 is 0. The van der Waals surface area contributed by atoms with Crippen LogP contribution in [0.2, 0.25) is 0 Å². The van der Waals surface area contributed by atoms with Crippen LogP contribution in [0.15, 0.2) is 12.2 Å². The van der Waals surface area contributed by atoms with Crippen LogP contribution >= 0.6 is 0 Å². The molecule has 5 heteroatoms. The first-order valence-corrected chi connectivity index (χ1v) is 6.35. The summed E-state index contributed by atoms with van der Waals surface area (Å²) in [5, 5.41) is 8.58. The van der Waals surface area contributed by atoms with Gasteiger partial charge in [-0.25, -0.2) is 0 Å². The van der Waals surface area contributed by atoms with Crippen LogP contribution in [0, 0.1) is 23.7 Å². The van der Waals surface area contributed by atoms with E-state index in [4.69, 9.17) is 5.11 Å². The summed E-state index contributed by atoms with van der Waals surface area (Å²) in [6, 6.07) is 0. The first-order chi connectivity index (χ1) is 8.59. The molecular formula is C13H15NO4. The van der Waals surface area contributed by atoms with Gasteiger partial charge in [0.25, 0.3) is 0 Å². The predicted molar refractivity (Wildman–Crippen MR) is 61.3 cm³/mol. The second kappa shape index (κ2) is 3.93. The van der Waals surface area contributed by atoms with Gasteiger partial charge in [-0.1, -0.05) is 12.2 Å². The molecule has 2 fully saturated rings. The maximum absolute atomic E-state index is 12.2. The summed E-state index contributed by atoms with van der Waals surface area (Å²) < 4.78 is 0. The van der Waals surface area contributed by atoms with E-state index in [0.717, 1.165) is 6.42 Å². The number of fused-ring (bicyclic) bond motifs is 5. The normalized spacial score (nSPS) is 36.6. The van der Waals surface area contributed by atoms with E-state index in [-0.39, 0.29) is 48.5 Å². The van der Waals surface area contributed by atoms with E-state index in [0.29, 0.717) is 6.42 Å². The van der Waals surface area contributed by atoms with Gasteiger partial charge < -0.3 is 5.11 Å². The zero-order chi connectivity index (χ0) is 12.9. The summed E-state index contributed by atoms with van der Waals surface area (Å²) in [6.45, 7) is 0.246. The fourth-order valence-corrected chi connectivity index (χ4v) is 3.57. The first-order valence-electron chi connectivity index (χ1n) is 6.35. The topological polar surface area (TPSA) is 74.7 Å². The number of imide groups is 1. The molecule has 18 heavy (non-hydrogen) atoms. The van der Waals surface area contributed by atoms with Crippen molar-refractivity contribution in [1.82, 2.24) is 4.90 Å². The van der Waals surface area contributed by atoms with Crippen molar-refractivity contribution in [2.75, 3.05) is 6.54 Å². The van der Waals surface area contributed by atoms with Crippen LogP contribution < -0.4 is 0 Å². The van der Waals surface area contributed by atoms with Crippen LogP contribution in [-0.2, 0) is 14.4 Å². The van der Waals surface area contributed by atoms with E-state index in [1.54, 1.807) is 0 Å².